The maximum Gasteiger partial charge on any atom is 0.246 e. The third-order valence-corrected chi connectivity index (χ3v) is 5.36. The minimum absolute atomic E-state index is 0.0365. The highest BCUT2D eigenvalue weighted by Gasteiger charge is 2.27. The molecule has 0 saturated carbocycles. The summed E-state index contributed by atoms with van der Waals surface area (Å²) in [5.74, 6) is 1.82. The molecule has 0 atom stereocenters. The van der Waals surface area contributed by atoms with E-state index in [0.29, 0.717) is 43.1 Å². The Morgan fingerprint density at radius 1 is 1.10 bits per heavy atom. The van der Waals surface area contributed by atoms with Gasteiger partial charge in [-0.15, -0.1) is 0 Å². The van der Waals surface area contributed by atoms with Gasteiger partial charge in [0.2, 0.25) is 18.6 Å². The number of carbonyl (C=O) groups excluding carboxylic acids is 2. The molecule has 2 aliphatic heterocycles. The number of ether oxygens (including phenoxy) is 3. The van der Waals surface area contributed by atoms with Crippen LogP contribution in [0.25, 0.3) is 6.08 Å². The number of fused-ring (bicyclic) bond motifs is 1. The van der Waals surface area contributed by atoms with E-state index in [0.717, 1.165) is 11.3 Å². The molecule has 0 aromatic heterocycles. The minimum Gasteiger partial charge on any atom is -0.496 e. The normalized spacial score (nSPS) is 16.0. The minimum atomic E-state index is -0.127. The van der Waals surface area contributed by atoms with Crippen molar-refractivity contribution >= 4 is 23.6 Å². The van der Waals surface area contributed by atoms with Crippen LogP contribution in [-0.4, -0.2) is 43.7 Å². The molecule has 1 N–H and O–H groups in total. The fraction of sp³-hybridized carbons (Fsp3) is 0.304. The van der Waals surface area contributed by atoms with Crippen molar-refractivity contribution in [2.75, 3.05) is 32.3 Å². The van der Waals surface area contributed by atoms with Gasteiger partial charge in [-0.05, 0) is 37.1 Å². The Labute approximate surface area is 175 Å². The van der Waals surface area contributed by atoms with Gasteiger partial charge < -0.3 is 24.4 Å². The molecule has 7 nitrogen and oxygen atoms in total. The van der Waals surface area contributed by atoms with Crippen LogP contribution in [-0.2, 0) is 9.59 Å². The lowest BCUT2D eigenvalue weighted by molar-refractivity contribution is -0.130. The molecule has 2 aromatic rings. The first-order chi connectivity index (χ1) is 14.6. The molecule has 0 bridgehead atoms. The van der Waals surface area contributed by atoms with Gasteiger partial charge in [-0.2, -0.15) is 0 Å². The third kappa shape index (κ3) is 4.40. The molecule has 1 saturated heterocycles. The Morgan fingerprint density at radius 2 is 1.87 bits per heavy atom. The van der Waals surface area contributed by atoms with Crippen LogP contribution in [0.4, 0.5) is 5.69 Å². The second kappa shape index (κ2) is 8.90. The SMILES string of the molecule is COc1ccccc1/C=C/C(=O)N1CCC(C(=O)Nc2ccc3c(c2)OCO3)CC1. The number of anilines is 1. The van der Waals surface area contributed by atoms with Gasteiger partial charge in [0.05, 0.1) is 7.11 Å². The summed E-state index contributed by atoms with van der Waals surface area (Å²) < 4.78 is 15.9. The Balaban J connectivity index is 1.29. The van der Waals surface area contributed by atoms with Gasteiger partial charge in [-0.1, -0.05) is 18.2 Å². The predicted molar refractivity (Wildman–Crippen MR) is 113 cm³/mol. The molecule has 30 heavy (non-hydrogen) atoms. The Hall–Kier alpha value is -3.48. The van der Waals surface area contributed by atoms with Gasteiger partial charge in [0.15, 0.2) is 11.5 Å². The van der Waals surface area contributed by atoms with Gasteiger partial charge in [-0.25, -0.2) is 0 Å². The molecule has 2 amide bonds. The number of nitrogens with one attached hydrogen (secondary N) is 1. The first-order valence-electron chi connectivity index (χ1n) is 9.94. The van der Waals surface area contributed by atoms with Crippen LogP contribution in [0.1, 0.15) is 18.4 Å². The van der Waals surface area contributed by atoms with Gasteiger partial charge in [0.25, 0.3) is 0 Å². The number of piperidine rings is 1. The number of rotatable bonds is 5. The lowest BCUT2D eigenvalue weighted by Crippen LogP contribution is -2.40. The molecule has 4 rings (SSSR count). The molecule has 2 aliphatic rings. The molecule has 1 fully saturated rings. The van der Waals surface area contributed by atoms with Crippen LogP contribution in [0, 0.1) is 5.92 Å². The molecule has 2 heterocycles. The van der Waals surface area contributed by atoms with E-state index in [-0.39, 0.29) is 24.5 Å². The van der Waals surface area contributed by atoms with Crippen LogP contribution < -0.4 is 19.5 Å². The summed E-state index contributed by atoms with van der Waals surface area (Å²) in [6.45, 7) is 1.30. The van der Waals surface area contributed by atoms with Gasteiger partial charge in [0.1, 0.15) is 5.75 Å². The molecule has 0 radical (unpaired) electrons. The smallest absolute Gasteiger partial charge is 0.246 e. The Kier molecular flexibility index (Phi) is 5.88. The highest BCUT2D eigenvalue weighted by molar-refractivity contribution is 5.94. The number of hydrogen-bond donors (Lipinski definition) is 1. The van der Waals surface area contributed by atoms with E-state index in [1.54, 1.807) is 42.4 Å². The number of amides is 2. The van der Waals surface area contributed by atoms with Crippen molar-refractivity contribution < 1.29 is 23.8 Å². The van der Waals surface area contributed by atoms with Crippen molar-refractivity contribution in [2.45, 2.75) is 12.8 Å². The van der Waals surface area contributed by atoms with Crippen molar-refractivity contribution in [3.05, 3.63) is 54.1 Å². The highest BCUT2D eigenvalue weighted by Crippen LogP contribution is 2.34. The molecular weight excluding hydrogens is 384 g/mol. The van der Waals surface area contributed by atoms with Crippen molar-refractivity contribution in [1.29, 1.82) is 0 Å². The Bertz CT molecular complexity index is 964. The maximum atomic E-state index is 12.6. The number of likely N-dealkylation sites (tertiary alicyclic amines) is 1. The number of methoxy groups -OCH3 is 1. The molecule has 2 aromatic carbocycles. The predicted octanol–water partition coefficient (Wildman–Crippen LogP) is 3.31. The summed E-state index contributed by atoms with van der Waals surface area (Å²) in [6, 6.07) is 12.9. The second-order valence-corrected chi connectivity index (χ2v) is 7.23. The first-order valence-corrected chi connectivity index (χ1v) is 9.94. The average molecular weight is 408 g/mol. The summed E-state index contributed by atoms with van der Waals surface area (Å²) in [5, 5.41) is 2.94. The fourth-order valence-corrected chi connectivity index (χ4v) is 3.65. The zero-order valence-electron chi connectivity index (χ0n) is 16.8. The van der Waals surface area contributed by atoms with Crippen molar-refractivity contribution in [1.82, 2.24) is 4.90 Å². The van der Waals surface area contributed by atoms with E-state index < -0.39 is 0 Å². The second-order valence-electron chi connectivity index (χ2n) is 7.23. The van der Waals surface area contributed by atoms with E-state index in [9.17, 15) is 9.59 Å². The molecule has 0 unspecified atom stereocenters. The van der Waals surface area contributed by atoms with E-state index in [1.165, 1.54) is 0 Å². The molecule has 0 aliphatic carbocycles. The molecule has 156 valence electrons. The Morgan fingerprint density at radius 3 is 2.67 bits per heavy atom. The topological polar surface area (TPSA) is 77.1 Å². The van der Waals surface area contributed by atoms with Crippen LogP contribution in [0.5, 0.6) is 17.2 Å². The van der Waals surface area contributed by atoms with Crippen LogP contribution in [0.2, 0.25) is 0 Å². The van der Waals surface area contributed by atoms with Gasteiger partial charge >= 0.3 is 0 Å². The lowest BCUT2D eigenvalue weighted by atomic mass is 9.95. The zero-order valence-corrected chi connectivity index (χ0v) is 16.8. The first kappa shape index (κ1) is 19.8. The monoisotopic (exact) mass is 408 g/mol. The number of benzene rings is 2. The summed E-state index contributed by atoms with van der Waals surface area (Å²) in [4.78, 5) is 26.9. The third-order valence-electron chi connectivity index (χ3n) is 5.36. The van der Waals surface area contributed by atoms with E-state index in [4.69, 9.17) is 14.2 Å². The number of hydrogen-bond acceptors (Lipinski definition) is 5. The maximum absolute atomic E-state index is 12.6. The van der Waals surface area contributed by atoms with E-state index in [2.05, 4.69) is 5.32 Å². The van der Waals surface area contributed by atoms with Crippen molar-refractivity contribution in [2.24, 2.45) is 5.92 Å². The van der Waals surface area contributed by atoms with Gasteiger partial charge in [-0.3, -0.25) is 9.59 Å². The summed E-state index contributed by atoms with van der Waals surface area (Å²) in [7, 11) is 1.61. The molecule has 0 spiro atoms. The van der Waals surface area contributed by atoms with Crippen molar-refractivity contribution in [3.8, 4) is 17.2 Å². The largest absolute Gasteiger partial charge is 0.496 e. The fourth-order valence-electron chi connectivity index (χ4n) is 3.65. The standard InChI is InChI=1S/C23H24N2O5/c1-28-19-5-3-2-4-16(19)6-9-22(26)25-12-10-17(11-13-25)23(27)24-18-7-8-20-21(14-18)30-15-29-20/h2-9,14,17H,10-13,15H2,1H3,(H,24,27)/b9-6+. The zero-order chi connectivity index (χ0) is 20.9. The van der Waals surface area contributed by atoms with E-state index in [1.807, 2.05) is 24.3 Å². The summed E-state index contributed by atoms with van der Waals surface area (Å²) >= 11 is 0. The summed E-state index contributed by atoms with van der Waals surface area (Å²) in [5.41, 5.74) is 1.54. The van der Waals surface area contributed by atoms with Gasteiger partial charge in [0, 0.05) is 42.4 Å². The number of nitrogens with zero attached hydrogens (tertiary/aromatic N) is 1. The summed E-state index contributed by atoms with van der Waals surface area (Å²) in [6.07, 6.45) is 4.58. The average Bonchev–Trinajstić information content (AvgIpc) is 3.25. The van der Waals surface area contributed by atoms with E-state index >= 15 is 0 Å². The quantitative estimate of drug-likeness (QED) is 0.768. The highest BCUT2D eigenvalue weighted by atomic mass is 16.7. The van der Waals surface area contributed by atoms with Crippen LogP contribution in [0.3, 0.4) is 0 Å². The number of carbonyl (C=O) groups is 2. The number of para-hydroxylation sites is 1. The molecule has 7 heteroatoms. The van der Waals surface area contributed by atoms with Crippen molar-refractivity contribution in [3.63, 3.8) is 0 Å². The molecular formula is C23H24N2O5. The van der Waals surface area contributed by atoms with Crippen LogP contribution >= 0.6 is 0 Å². The van der Waals surface area contributed by atoms with Crippen LogP contribution in [0.15, 0.2) is 48.5 Å². The lowest BCUT2D eigenvalue weighted by Gasteiger charge is -2.30.